The number of benzene rings is 2. The van der Waals surface area contributed by atoms with Crippen LogP contribution in [0, 0.1) is 13.8 Å². The fourth-order valence-electron chi connectivity index (χ4n) is 1.89. The van der Waals surface area contributed by atoms with Crippen molar-refractivity contribution in [3.8, 4) is 11.5 Å². The summed E-state index contributed by atoms with van der Waals surface area (Å²) in [6, 6.07) is 15.1. The molecule has 0 fully saturated rings. The molecule has 4 nitrogen and oxygen atoms in total. The normalized spacial score (nSPS) is 8.81. The van der Waals surface area contributed by atoms with E-state index in [1.807, 2.05) is 98.7 Å². The first kappa shape index (κ1) is 43.6. The number of ether oxygens (including phenoxy) is 3. The Labute approximate surface area is 227 Å². The van der Waals surface area contributed by atoms with Crippen LogP contribution in [0.2, 0.25) is 0 Å². The third kappa shape index (κ3) is 41.8. The van der Waals surface area contributed by atoms with E-state index in [2.05, 4.69) is 39.0 Å². The highest BCUT2D eigenvalue weighted by Crippen LogP contribution is 2.14. The fourth-order valence-corrected chi connectivity index (χ4v) is 1.89. The van der Waals surface area contributed by atoms with Crippen LogP contribution in [0.25, 0.3) is 0 Å². The summed E-state index contributed by atoms with van der Waals surface area (Å²) in [7, 11) is 0. The largest absolute Gasteiger partial charge is 1.00 e. The number of aromatic hydroxyl groups is 1. The molecule has 0 aliphatic carbocycles. The molecule has 1 atom stereocenters. The lowest BCUT2D eigenvalue weighted by molar-refractivity contribution is -0.0613. The van der Waals surface area contributed by atoms with Gasteiger partial charge in [0.15, 0.2) is 6.29 Å². The lowest BCUT2D eigenvalue weighted by Crippen LogP contribution is -2.15. The van der Waals surface area contributed by atoms with Crippen molar-refractivity contribution in [1.82, 2.24) is 0 Å². The van der Waals surface area contributed by atoms with E-state index in [0.717, 1.165) is 17.9 Å². The summed E-state index contributed by atoms with van der Waals surface area (Å²) in [5.74, 6) is 1.20. The lowest BCUT2D eigenvalue weighted by Gasteiger charge is -2.14. The first-order valence-corrected chi connectivity index (χ1v) is 13.6. The summed E-state index contributed by atoms with van der Waals surface area (Å²) >= 11 is 0. The number of rotatable bonds is 6. The second kappa shape index (κ2) is 39.7. The van der Waals surface area contributed by atoms with Crippen LogP contribution in [-0.4, -0.2) is 24.6 Å². The van der Waals surface area contributed by atoms with Gasteiger partial charge < -0.3 is 19.3 Å². The molecule has 0 amide bonds. The fraction of sp³-hybridized carbons (Fsp3) is 0.562. The van der Waals surface area contributed by atoms with Gasteiger partial charge in [-0.2, -0.15) is 0 Å². The third-order valence-electron chi connectivity index (χ3n) is 2.98. The van der Waals surface area contributed by atoms with E-state index in [0.29, 0.717) is 12.4 Å². The standard InChI is InChI=1S/C11H16O2.C7H8O.C4H8O.2C3H8.2C2H6/c1-4-12-10(3)13-11-7-5-6-9(2)8-11;1-6-3-2-4-7(8)5-6;1-3-5-4-2;2*1-3-2;2*1-2/h5-8,10H,4H2,1-3H3;2-5,8H,1H3;3H,1,4H2,2H3;2*3H2,1-2H3;2*1-2H3/p+1. The van der Waals surface area contributed by atoms with Gasteiger partial charge in [-0.25, -0.2) is 0 Å². The van der Waals surface area contributed by atoms with Crippen molar-refractivity contribution >= 4 is 0 Å². The lowest BCUT2D eigenvalue weighted by atomic mass is 10.2. The van der Waals surface area contributed by atoms with E-state index in [1.165, 1.54) is 24.7 Å². The second-order valence-corrected chi connectivity index (χ2v) is 6.83. The molecular weight excluding hydrogens is 448 g/mol. The van der Waals surface area contributed by atoms with Crippen LogP contribution in [0.3, 0.4) is 0 Å². The van der Waals surface area contributed by atoms with Gasteiger partial charge in [0.2, 0.25) is 0 Å². The van der Waals surface area contributed by atoms with E-state index in [9.17, 15) is 0 Å². The number of aryl methyl sites for hydroxylation is 2. The SMILES string of the molecule is C=COCC.CC.CC.CCC.CCC.CCOC(C)Oc1cccc(C)c1.Cc1cccc(O)c1.[H+]. The van der Waals surface area contributed by atoms with Gasteiger partial charge in [-0.1, -0.05) is 99.1 Å². The Kier molecular flexibility index (Phi) is 48.1. The zero-order chi connectivity index (χ0) is 29.2. The molecule has 0 saturated carbocycles. The Morgan fingerprint density at radius 2 is 1.25 bits per heavy atom. The van der Waals surface area contributed by atoms with E-state index >= 15 is 0 Å². The van der Waals surface area contributed by atoms with Crippen LogP contribution in [-0.2, 0) is 9.47 Å². The van der Waals surface area contributed by atoms with E-state index in [4.69, 9.17) is 14.6 Å². The molecule has 0 radical (unpaired) electrons. The minimum absolute atomic E-state index is 0. The Bertz CT molecular complexity index is 629. The Hall–Kier alpha value is -2.46. The van der Waals surface area contributed by atoms with Gasteiger partial charge in [-0.3, -0.25) is 0 Å². The van der Waals surface area contributed by atoms with Gasteiger partial charge in [0, 0.05) is 6.61 Å². The first-order chi connectivity index (χ1) is 17.2. The Balaban J connectivity index is -0.0000000866. The molecule has 4 heteroatoms. The molecular formula is C32H61O4+. The average Bonchev–Trinajstić information content (AvgIpc) is 2.84. The molecule has 0 heterocycles. The zero-order valence-corrected chi connectivity index (χ0v) is 26.0. The summed E-state index contributed by atoms with van der Waals surface area (Å²) < 4.78 is 15.4. The maximum absolute atomic E-state index is 8.81. The van der Waals surface area contributed by atoms with Crippen molar-refractivity contribution < 1.29 is 20.7 Å². The van der Waals surface area contributed by atoms with Crippen molar-refractivity contribution in [2.24, 2.45) is 0 Å². The smallest absolute Gasteiger partial charge is 0.508 e. The van der Waals surface area contributed by atoms with Gasteiger partial charge in [0.1, 0.15) is 11.5 Å². The van der Waals surface area contributed by atoms with E-state index in [1.54, 1.807) is 12.1 Å². The van der Waals surface area contributed by atoms with Crippen molar-refractivity contribution in [3.63, 3.8) is 0 Å². The summed E-state index contributed by atoms with van der Waals surface area (Å²) in [4.78, 5) is 0. The van der Waals surface area contributed by atoms with Crippen molar-refractivity contribution in [3.05, 3.63) is 72.5 Å². The van der Waals surface area contributed by atoms with Crippen LogP contribution in [0.1, 0.15) is 102 Å². The molecule has 0 saturated heterocycles. The predicted octanol–water partition coefficient (Wildman–Crippen LogP) is 10.6. The van der Waals surface area contributed by atoms with Gasteiger partial charge >= 0.3 is 1.43 Å². The van der Waals surface area contributed by atoms with Crippen LogP contribution in [0.4, 0.5) is 0 Å². The summed E-state index contributed by atoms with van der Waals surface area (Å²) in [5, 5.41) is 8.81. The van der Waals surface area contributed by atoms with Crippen molar-refractivity contribution in [1.29, 1.82) is 0 Å². The van der Waals surface area contributed by atoms with Gasteiger partial charge in [0.05, 0.1) is 12.9 Å². The zero-order valence-electron chi connectivity index (χ0n) is 27.0. The summed E-state index contributed by atoms with van der Waals surface area (Å²) in [5.41, 5.74) is 2.28. The molecule has 2 aromatic rings. The van der Waals surface area contributed by atoms with Crippen LogP contribution >= 0.6 is 0 Å². The molecule has 212 valence electrons. The highest BCUT2D eigenvalue weighted by molar-refractivity contribution is 5.27. The number of hydrogen-bond acceptors (Lipinski definition) is 4. The molecule has 1 unspecified atom stereocenters. The molecule has 0 aliphatic heterocycles. The number of hydrogen-bond donors (Lipinski definition) is 1. The van der Waals surface area contributed by atoms with Gasteiger partial charge in [0.25, 0.3) is 0 Å². The minimum atomic E-state index is -0.174. The highest BCUT2D eigenvalue weighted by atomic mass is 16.7. The molecule has 36 heavy (non-hydrogen) atoms. The maximum atomic E-state index is 8.81. The van der Waals surface area contributed by atoms with Crippen molar-refractivity contribution in [2.45, 2.75) is 109 Å². The monoisotopic (exact) mass is 509 g/mol. The summed E-state index contributed by atoms with van der Waals surface area (Å²) in [6.07, 6.45) is 3.76. The topological polar surface area (TPSA) is 47.9 Å². The molecule has 1 N–H and O–H groups in total. The molecule has 0 aromatic heterocycles. The average molecular weight is 510 g/mol. The minimum Gasteiger partial charge on any atom is -0.508 e. The quantitative estimate of drug-likeness (QED) is 0.311. The van der Waals surface area contributed by atoms with Crippen LogP contribution < -0.4 is 4.74 Å². The highest BCUT2D eigenvalue weighted by Gasteiger charge is 2.01. The second-order valence-electron chi connectivity index (χ2n) is 6.83. The maximum Gasteiger partial charge on any atom is 1.00 e. The van der Waals surface area contributed by atoms with E-state index < -0.39 is 0 Å². The van der Waals surface area contributed by atoms with Gasteiger partial charge in [-0.05, 0) is 70.0 Å². The first-order valence-electron chi connectivity index (χ1n) is 13.6. The van der Waals surface area contributed by atoms with E-state index in [-0.39, 0.29) is 7.72 Å². The predicted molar refractivity (Wildman–Crippen MR) is 163 cm³/mol. The number of phenols is 1. The molecule has 0 spiro atoms. The number of phenolic OH excluding ortho intramolecular Hbond substituents is 1. The van der Waals surface area contributed by atoms with Gasteiger partial charge in [-0.15, -0.1) is 0 Å². The molecule has 0 aliphatic rings. The third-order valence-corrected chi connectivity index (χ3v) is 2.98. The molecule has 2 rings (SSSR count). The summed E-state index contributed by atoms with van der Waals surface area (Å²) in [6.45, 7) is 31.0. The van der Waals surface area contributed by atoms with Crippen LogP contribution in [0.15, 0.2) is 61.4 Å². The van der Waals surface area contributed by atoms with Crippen LogP contribution in [0.5, 0.6) is 11.5 Å². The molecule has 2 aromatic carbocycles. The Morgan fingerprint density at radius 3 is 1.53 bits per heavy atom. The Morgan fingerprint density at radius 1 is 0.806 bits per heavy atom. The molecule has 0 bridgehead atoms. The van der Waals surface area contributed by atoms with Crippen molar-refractivity contribution in [2.75, 3.05) is 13.2 Å².